The highest BCUT2D eigenvalue weighted by atomic mass is 16.1. The lowest BCUT2D eigenvalue weighted by Crippen LogP contribution is -2.53. The zero-order chi connectivity index (χ0) is 14.8. The van der Waals surface area contributed by atoms with E-state index in [1.54, 1.807) is 0 Å². The molecule has 4 fully saturated rings. The van der Waals surface area contributed by atoms with Gasteiger partial charge in [-0.25, -0.2) is 0 Å². The fraction of sp³-hybridized carbons (Fsp3) is 0.895. The fourth-order valence-corrected chi connectivity index (χ4v) is 6.90. The molecule has 2 unspecified atom stereocenters. The molecule has 0 aromatic heterocycles. The van der Waals surface area contributed by atoms with Gasteiger partial charge in [0, 0.05) is 24.7 Å². The van der Waals surface area contributed by atoms with Gasteiger partial charge in [0.1, 0.15) is 11.6 Å². The summed E-state index contributed by atoms with van der Waals surface area (Å²) in [6.07, 6.45) is 9.55. The number of hydrogen-bond donors (Lipinski definition) is 0. The van der Waals surface area contributed by atoms with Gasteiger partial charge in [0.15, 0.2) is 0 Å². The molecule has 0 radical (unpaired) electrons. The van der Waals surface area contributed by atoms with Crippen molar-refractivity contribution in [3.63, 3.8) is 0 Å². The van der Waals surface area contributed by atoms with Crippen molar-refractivity contribution < 1.29 is 9.59 Å². The number of fused-ring (bicyclic) bond motifs is 5. The summed E-state index contributed by atoms with van der Waals surface area (Å²) >= 11 is 0. The Balaban J connectivity index is 1.67. The van der Waals surface area contributed by atoms with Gasteiger partial charge in [0.05, 0.1) is 0 Å². The number of ketones is 2. The van der Waals surface area contributed by atoms with Gasteiger partial charge in [-0.2, -0.15) is 0 Å². The van der Waals surface area contributed by atoms with E-state index in [0.29, 0.717) is 29.3 Å². The first kappa shape index (κ1) is 14.0. The molecule has 0 saturated heterocycles. The number of hydrogen-bond acceptors (Lipinski definition) is 2. The van der Waals surface area contributed by atoms with Gasteiger partial charge >= 0.3 is 0 Å². The Kier molecular flexibility index (Phi) is 2.94. The van der Waals surface area contributed by atoms with E-state index in [0.717, 1.165) is 44.4 Å². The average molecular weight is 288 g/mol. The van der Waals surface area contributed by atoms with Crippen molar-refractivity contribution in [3.05, 3.63) is 0 Å². The summed E-state index contributed by atoms with van der Waals surface area (Å²) in [6, 6.07) is 0. The third-order valence-corrected chi connectivity index (χ3v) is 8.12. The number of rotatable bonds is 0. The van der Waals surface area contributed by atoms with E-state index >= 15 is 0 Å². The lowest BCUT2D eigenvalue weighted by atomic mass is 9.45. The van der Waals surface area contributed by atoms with Crippen molar-refractivity contribution in [1.29, 1.82) is 0 Å². The maximum atomic E-state index is 12.4. The Morgan fingerprint density at radius 3 is 2.52 bits per heavy atom. The molecule has 0 N–H and O–H groups in total. The Labute approximate surface area is 128 Å². The zero-order valence-electron chi connectivity index (χ0n) is 13.5. The predicted octanol–water partition coefficient (Wildman–Crippen LogP) is 4.17. The summed E-state index contributed by atoms with van der Waals surface area (Å²) in [6.45, 7) is 4.65. The highest BCUT2D eigenvalue weighted by Gasteiger charge is 2.60. The number of Topliss-reactive ketones (excluding diaryl/α,β-unsaturated/α-hetero) is 2. The highest BCUT2D eigenvalue weighted by molar-refractivity contribution is 5.87. The topological polar surface area (TPSA) is 34.1 Å². The second kappa shape index (κ2) is 4.43. The minimum atomic E-state index is -0.0248. The van der Waals surface area contributed by atoms with Crippen LogP contribution < -0.4 is 0 Å². The van der Waals surface area contributed by atoms with Crippen LogP contribution in [0.5, 0.6) is 0 Å². The molecule has 0 bridgehead atoms. The van der Waals surface area contributed by atoms with Crippen LogP contribution in [0.2, 0.25) is 0 Å². The van der Waals surface area contributed by atoms with Gasteiger partial charge in [0.25, 0.3) is 0 Å². The lowest BCUT2D eigenvalue weighted by molar-refractivity contribution is -0.146. The highest BCUT2D eigenvalue weighted by Crippen LogP contribution is 2.65. The molecular formula is C19H28O2. The van der Waals surface area contributed by atoms with E-state index in [2.05, 4.69) is 13.8 Å². The van der Waals surface area contributed by atoms with Crippen molar-refractivity contribution in [2.24, 2.45) is 34.5 Å². The molecular weight excluding hydrogens is 260 g/mol. The summed E-state index contributed by atoms with van der Waals surface area (Å²) in [5, 5.41) is 0. The van der Waals surface area contributed by atoms with E-state index in [9.17, 15) is 9.59 Å². The van der Waals surface area contributed by atoms with Crippen LogP contribution in [0, 0.1) is 34.5 Å². The first-order chi connectivity index (χ1) is 9.95. The molecule has 116 valence electrons. The van der Waals surface area contributed by atoms with Crippen LogP contribution in [-0.2, 0) is 9.59 Å². The molecule has 6 atom stereocenters. The quantitative estimate of drug-likeness (QED) is 0.670. The second-order valence-corrected chi connectivity index (χ2v) is 8.83. The van der Waals surface area contributed by atoms with Crippen LogP contribution in [0.4, 0.5) is 0 Å². The average Bonchev–Trinajstić information content (AvgIpc) is 2.74. The molecule has 0 aromatic rings. The molecule has 4 aliphatic carbocycles. The molecule has 4 rings (SSSR count). The van der Waals surface area contributed by atoms with Crippen molar-refractivity contribution in [2.75, 3.05) is 0 Å². The van der Waals surface area contributed by atoms with E-state index in [1.165, 1.54) is 19.3 Å². The Morgan fingerprint density at radius 1 is 0.905 bits per heavy atom. The summed E-state index contributed by atoms with van der Waals surface area (Å²) < 4.78 is 0. The Morgan fingerprint density at radius 2 is 1.71 bits per heavy atom. The maximum absolute atomic E-state index is 12.4. The minimum Gasteiger partial charge on any atom is -0.300 e. The summed E-state index contributed by atoms with van der Waals surface area (Å²) in [7, 11) is 0. The Hall–Kier alpha value is -0.660. The first-order valence-electron chi connectivity index (χ1n) is 9.00. The number of carbonyl (C=O) groups excluding carboxylic acids is 2. The van der Waals surface area contributed by atoms with Crippen LogP contribution in [0.3, 0.4) is 0 Å². The standard InChI is InChI=1S/C19H28O2/c1-18-10-9-16-14(15(18)7-8-17(18)21)6-4-12-3-5-13(20)11-19(12,16)2/h12,14-16H,3-11H2,1-2H3/t12-,14+,15?,16?,18+,19+/m1/s1. The van der Waals surface area contributed by atoms with Crippen molar-refractivity contribution in [3.8, 4) is 0 Å². The summed E-state index contributed by atoms with van der Waals surface area (Å²) in [5.41, 5.74) is 0.217. The van der Waals surface area contributed by atoms with Crippen molar-refractivity contribution >= 4 is 11.6 Å². The van der Waals surface area contributed by atoms with E-state index in [-0.39, 0.29) is 10.8 Å². The third-order valence-electron chi connectivity index (χ3n) is 8.12. The molecule has 2 heteroatoms. The van der Waals surface area contributed by atoms with Gasteiger partial charge in [-0.3, -0.25) is 9.59 Å². The van der Waals surface area contributed by atoms with Crippen molar-refractivity contribution in [1.82, 2.24) is 0 Å². The zero-order valence-corrected chi connectivity index (χ0v) is 13.5. The summed E-state index contributed by atoms with van der Waals surface area (Å²) in [4.78, 5) is 24.5. The second-order valence-electron chi connectivity index (χ2n) is 8.83. The SMILES string of the molecule is C[C@]12CCC3[C@@H](CC[C@H]4CCC(=O)C[C@]34C)C1CCC2=O. The maximum Gasteiger partial charge on any atom is 0.139 e. The fourth-order valence-electron chi connectivity index (χ4n) is 6.90. The molecule has 2 nitrogen and oxygen atoms in total. The molecule has 0 aliphatic heterocycles. The van der Waals surface area contributed by atoms with Gasteiger partial charge in [-0.05, 0) is 67.6 Å². The molecule has 0 spiro atoms. The van der Waals surface area contributed by atoms with Crippen LogP contribution >= 0.6 is 0 Å². The molecule has 4 aliphatic rings. The molecule has 0 amide bonds. The molecule has 0 heterocycles. The molecule has 0 aromatic carbocycles. The third kappa shape index (κ3) is 1.77. The Bertz CT molecular complexity index is 496. The first-order valence-corrected chi connectivity index (χ1v) is 9.00. The lowest BCUT2D eigenvalue weighted by Gasteiger charge is -2.59. The summed E-state index contributed by atoms with van der Waals surface area (Å²) in [5.74, 6) is 3.80. The molecule has 21 heavy (non-hydrogen) atoms. The largest absolute Gasteiger partial charge is 0.300 e. The van der Waals surface area contributed by atoms with E-state index in [4.69, 9.17) is 0 Å². The van der Waals surface area contributed by atoms with E-state index in [1.807, 2.05) is 0 Å². The minimum absolute atomic E-state index is 0.0248. The van der Waals surface area contributed by atoms with Crippen LogP contribution in [0.1, 0.15) is 71.6 Å². The smallest absolute Gasteiger partial charge is 0.139 e. The van der Waals surface area contributed by atoms with Gasteiger partial charge < -0.3 is 0 Å². The van der Waals surface area contributed by atoms with Gasteiger partial charge in [-0.15, -0.1) is 0 Å². The van der Waals surface area contributed by atoms with Crippen LogP contribution in [0.15, 0.2) is 0 Å². The van der Waals surface area contributed by atoms with Gasteiger partial charge in [0.2, 0.25) is 0 Å². The monoisotopic (exact) mass is 288 g/mol. The van der Waals surface area contributed by atoms with Crippen LogP contribution in [-0.4, -0.2) is 11.6 Å². The predicted molar refractivity (Wildman–Crippen MR) is 81.7 cm³/mol. The van der Waals surface area contributed by atoms with E-state index < -0.39 is 0 Å². The normalized spacial score (nSPS) is 53.0. The van der Waals surface area contributed by atoms with Gasteiger partial charge in [-0.1, -0.05) is 13.8 Å². The molecule has 4 saturated carbocycles. The van der Waals surface area contributed by atoms with Crippen LogP contribution in [0.25, 0.3) is 0 Å². The van der Waals surface area contributed by atoms with Crippen molar-refractivity contribution in [2.45, 2.75) is 71.6 Å². The number of carbonyl (C=O) groups is 2.